The molecule has 0 radical (unpaired) electrons. The quantitative estimate of drug-likeness (QED) is 0.546. The molecule has 7 heteroatoms. The van der Waals surface area contributed by atoms with Crippen LogP contribution in [0.5, 0.6) is 0 Å². The van der Waals surface area contributed by atoms with Gasteiger partial charge in [0, 0.05) is 17.5 Å². The van der Waals surface area contributed by atoms with Gasteiger partial charge in [-0.15, -0.1) is 11.3 Å². The largest absolute Gasteiger partial charge is 0.350 e. The van der Waals surface area contributed by atoms with Crippen LogP contribution in [0.2, 0.25) is 0 Å². The van der Waals surface area contributed by atoms with Crippen molar-refractivity contribution in [3.05, 3.63) is 87.5 Å². The molecular formula is C22H18FN3O2S. The molecular weight excluding hydrogens is 389 g/mol. The van der Waals surface area contributed by atoms with E-state index in [1.54, 1.807) is 12.1 Å². The highest BCUT2D eigenvalue weighted by molar-refractivity contribution is 7.17. The molecule has 0 fully saturated rings. The summed E-state index contributed by atoms with van der Waals surface area (Å²) in [6, 6.07) is 13.8. The maximum absolute atomic E-state index is 13.2. The first kappa shape index (κ1) is 19.0. The zero-order valence-corrected chi connectivity index (χ0v) is 16.5. The highest BCUT2D eigenvalue weighted by atomic mass is 32.1. The number of hydrogen-bond donors (Lipinski definition) is 1. The van der Waals surface area contributed by atoms with Crippen LogP contribution in [0.4, 0.5) is 4.39 Å². The molecule has 0 saturated carbocycles. The van der Waals surface area contributed by atoms with Gasteiger partial charge < -0.3 is 5.32 Å². The van der Waals surface area contributed by atoms with Crippen molar-refractivity contribution in [3.8, 4) is 11.1 Å². The van der Waals surface area contributed by atoms with Crippen molar-refractivity contribution in [1.29, 1.82) is 0 Å². The second-order valence-electron chi connectivity index (χ2n) is 6.78. The van der Waals surface area contributed by atoms with E-state index in [1.165, 1.54) is 34.4 Å². The van der Waals surface area contributed by atoms with E-state index >= 15 is 0 Å². The maximum Gasteiger partial charge on any atom is 0.263 e. The average molecular weight is 407 g/mol. The van der Waals surface area contributed by atoms with Gasteiger partial charge in [-0.3, -0.25) is 14.2 Å². The molecule has 5 nitrogen and oxygen atoms in total. The van der Waals surface area contributed by atoms with Gasteiger partial charge in [-0.25, -0.2) is 9.37 Å². The van der Waals surface area contributed by atoms with Gasteiger partial charge in [0.1, 0.15) is 17.2 Å². The smallest absolute Gasteiger partial charge is 0.263 e. The minimum absolute atomic E-state index is 0.119. The fourth-order valence-corrected chi connectivity index (χ4v) is 3.95. The fourth-order valence-electron chi connectivity index (χ4n) is 3.04. The number of aromatic nitrogens is 2. The van der Waals surface area contributed by atoms with Crippen molar-refractivity contribution in [3.63, 3.8) is 0 Å². The molecule has 4 aromatic rings. The summed E-state index contributed by atoms with van der Waals surface area (Å²) in [5.41, 5.74) is 3.27. The Kier molecular flexibility index (Phi) is 5.22. The van der Waals surface area contributed by atoms with E-state index in [1.807, 2.05) is 36.6 Å². The van der Waals surface area contributed by atoms with Crippen LogP contribution in [0.25, 0.3) is 21.3 Å². The van der Waals surface area contributed by atoms with Crippen molar-refractivity contribution >= 4 is 27.5 Å². The van der Waals surface area contributed by atoms with Crippen molar-refractivity contribution in [2.45, 2.75) is 20.0 Å². The summed E-state index contributed by atoms with van der Waals surface area (Å²) in [6.07, 6.45) is 1.39. The Labute approximate surface area is 170 Å². The number of halogens is 1. The Morgan fingerprint density at radius 3 is 2.59 bits per heavy atom. The van der Waals surface area contributed by atoms with Crippen LogP contribution in [0.3, 0.4) is 0 Å². The van der Waals surface area contributed by atoms with Gasteiger partial charge in [0.2, 0.25) is 5.91 Å². The lowest BCUT2D eigenvalue weighted by atomic mass is 10.1. The molecule has 0 unspecified atom stereocenters. The molecule has 0 aliphatic carbocycles. The molecule has 0 saturated heterocycles. The third-order valence-electron chi connectivity index (χ3n) is 4.64. The zero-order valence-electron chi connectivity index (χ0n) is 15.7. The van der Waals surface area contributed by atoms with Crippen LogP contribution in [0.1, 0.15) is 11.1 Å². The SMILES string of the molecule is Cc1ccc(CNC(=O)Cn2cnc3scc(-c4ccc(F)cc4)c3c2=O)cc1. The van der Waals surface area contributed by atoms with Crippen molar-refractivity contribution in [1.82, 2.24) is 14.9 Å². The molecule has 146 valence electrons. The number of nitrogens with zero attached hydrogens (tertiary/aromatic N) is 2. The number of carbonyl (C=O) groups is 1. The van der Waals surface area contributed by atoms with Crippen molar-refractivity contribution in [2.24, 2.45) is 0 Å². The summed E-state index contributed by atoms with van der Waals surface area (Å²) in [6.45, 7) is 2.28. The summed E-state index contributed by atoms with van der Waals surface area (Å²) in [5, 5.41) is 5.09. The molecule has 0 bridgehead atoms. The number of rotatable bonds is 5. The van der Waals surface area contributed by atoms with Gasteiger partial charge in [-0.2, -0.15) is 0 Å². The Bertz CT molecular complexity index is 1230. The number of carbonyl (C=O) groups excluding carboxylic acids is 1. The Balaban J connectivity index is 1.56. The molecule has 0 atom stereocenters. The number of amides is 1. The standard InChI is InChI=1S/C22H18FN3O2S/c1-14-2-4-15(5-3-14)10-24-19(27)11-26-13-25-21-20(22(26)28)18(12-29-21)16-6-8-17(23)9-7-16/h2-9,12-13H,10-11H2,1H3,(H,24,27). The van der Waals surface area contributed by atoms with E-state index in [0.717, 1.165) is 16.7 Å². The molecule has 4 rings (SSSR count). The molecule has 2 aromatic heterocycles. The average Bonchev–Trinajstić information content (AvgIpc) is 3.15. The van der Waals surface area contributed by atoms with Gasteiger partial charge in [0.15, 0.2) is 0 Å². The van der Waals surface area contributed by atoms with Crippen LogP contribution in [0, 0.1) is 12.7 Å². The Morgan fingerprint density at radius 1 is 1.14 bits per heavy atom. The number of benzene rings is 2. The second kappa shape index (κ2) is 7.97. The minimum Gasteiger partial charge on any atom is -0.350 e. The van der Waals surface area contributed by atoms with Crippen molar-refractivity contribution in [2.75, 3.05) is 0 Å². The van der Waals surface area contributed by atoms with Crippen LogP contribution >= 0.6 is 11.3 Å². The lowest BCUT2D eigenvalue weighted by Gasteiger charge is -2.08. The predicted molar refractivity (Wildman–Crippen MR) is 112 cm³/mol. The summed E-state index contributed by atoms with van der Waals surface area (Å²) in [7, 11) is 0. The maximum atomic E-state index is 13.2. The van der Waals surface area contributed by atoms with Gasteiger partial charge >= 0.3 is 0 Å². The zero-order chi connectivity index (χ0) is 20.4. The van der Waals surface area contributed by atoms with E-state index in [-0.39, 0.29) is 23.8 Å². The summed E-state index contributed by atoms with van der Waals surface area (Å²) >= 11 is 1.34. The number of nitrogens with one attached hydrogen (secondary N) is 1. The molecule has 1 amide bonds. The van der Waals surface area contributed by atoms with Gasteiger partial charge in [0.05, 0.1) is 11.7 Å². The minimum atomic E-state index is -0.339. The number of hydrogen-bond acceptors (Lipinski definition) is 4. The number of thiophene rings is 1. The van der Waals surface area contributed by atoms with Crippen LogP contribution in [0.15, 0.2) is 65.0 Å². The van der Waals surface area contributed by atoms with E-state index in [9.17, 15) is 14.0 Å². The van der Waals surface area contributed by atoms with E-state index in [2.05, 4.69) is 10.3 Å². The van der Waals surface area contributed by atoms with Gasteiger partial charge in [0.25, 0.3) is 5.56 Å². The van der Waals surface area contributed by atoms with Crippen LogP contribution in [-0.2, 0) is 17.9 Å². The highest BCUT2D eigenvalue weighted by Gasteiger charge is 2.14. The van der Waals surface area contributed by atoms with E-state index in [4.69, 9.17) is 0 Å². The normalized spacial score (nSPS) is 11.0. The Hall–Kier alpha value is -3.32. The summed E-state index contributed by atoms with van der Waals surface area (Å²) in [5.74, 6) is -0.610. The first-order valence-electron chi connectivity index (χ1n) is 9.06. The molecule has 0 aliphatic heterocycles. The van der Waals surface area contributed by atoms with Crippen LogP contribution in [-0.4, -0.2) is 15.5 Å². The monoisotopic (exact) mass is 407 g/mol. The van der Waals surface area contributed by atoms with E-state index < -0.39 is 0 Å². The third kappa shape index (κ3) is 4.09. The lowest BCUT2D eigenvalue weighted by Crippen LogP contribution is -2.32. The van der Waals surface area contributed by atoms with E-state index in [0.29, 0.717) is 22.3 Å². The highest BCUT2D eigenvalue weighted by Crippen LogP contribution is 2.30. The lowest BCUT2D eigenvalue weighted by molar-refractivity contribution is -0.121. The predicted octanol–water partition coefficient (Wildman–Crippen LogP) is 3.89. The first-order chi connectivity index (χ1) is 14.0. The van der Waals surface area contributed by atoms with Gasteiger partial charge in [-0.1, -0.05) is 42.0 Å². The second-order valence-corrected chi connectivity index (χ2v) is 7.63. The summed E-state index contributed by atoms with van der Waals surface area (Å²) < 4.78 is 14.5. The molecule has 29 heavy (non-hydrogen) atoms. The van der Waals surface area contributed by atoms with Crippen molar-refractivity contribution < 1.29 is 9.18 Å². The number of aryl methyl sites for hydroxylation is 1. The van der Waals surface area contributed by atoms with Gasteiger partial charge in [-0.05, 0) is 30.2 Å². The van der Waals surface area contributed by atoms with Crippen LogP contribution < -0.4 is 10.9 Å². The summed E-state index contributed by atoms with van der Waals surface area (Å²) in [4.78, 5) is 30.2. The molecule has 0 aliphatic rings. The Morgan fingerprint density at radius 2 is 1.86 bits per heavy atom. The first-order valence-corrected chi connectivity index (χ1v) is 9.94. The fraction of sp³-hybridized carbons (Fsp3) is 0.136. The molecule has 2 aromatic carbocycles. The molecule has 1 N–H and O–H groups in total. The topological polar surface area (TPSA) is 64.0 Å². The third-order valence-corrected chi connectivity index (χ3v) is 5.53. The number of fused-ring (bicyclic) bond motifs is 1. The molecule has 0 spiro atoms. The molecule has 2 heterocycles.